The summed E-state index contributed by atoms with van der Waals surface area (Å²) in [5, 5.41) is 29.7. The molecule has 0 aliphatic carbocycles. The van der Waals surface area contributed by atoms with Gasteiger partial charge >= 0.3 is 0 Å². The zero-order valence-corrected chi connectivity index (χ0v) is 15.8. The van der Waals surface area contributed by atoms with Gasteiger partial charge in [0.05, 0.1) is 11.9 Å². The Kier molecular flexibility index (Phi) is 4.24. The summed E-state index contributed by atoms with van der Waals surface area (Å²) in [7, 11) is 2.11. The predicted octanol–water partition coefficient (Wildman–Crippen LogP) is 2.96. The Hall–Kier alpha value is -2.93. The van der Waals surface area contributed by atoms with Crippen LogP contribution in [0.1, 0.15) is 25.7 Å². The third kappa shape index (κ3) is 3.11. The third-order valence-corrected chi connectivity index (χ3v) is 6.11. The summed E-state index contributed by atoms with van der Waals surface area (Å²) in [6.07, 6.45) is 8.42. The van der Waals surface area contributed by atoms with Gasteiger partial charge in [0.25, 0.3) is 0 Å². The Morgan fingerprint density at radius 3 is 2.50 bits per heavy atom. The summed E-state index contributed by atoms with van der Waals surface area (Å²) < 4.78 is 0. The first kappa shape index (κ1) is 17.2. The van der Waals surface area contributed by atoms with Gasteiger partial charge in [-0.05, 0) is 55.5 Å². The average molecular weight is 376 g/mol. The molecule has 2 bridgehead atoms. The van der Waals surface area contributed by atoms with E-state index in [1.807, 2.05) is 24.3 Å². The molecule has 2 aromatic heterocycles. The Labute approximate surface area is 163 Å². The van der Waals surface area contributed by atoms with Gasteiger partial charge in [0.1, 0.15) is 5.75 Å². The minimum Gasteiger partial charge on any atom is -0.507 e. The first-order valence-electron chi connectivity index (χ1n) is 9.82. The van der Waals surface area contributed by atoms with Crippen LogP contribution in [0.3, 0.4) is 0 Å². The van der Waals surface area contributed by atoms with E-state index < -0.39 is 0 Å². The quantitative estimate of drug-likeness (QED) is 0.649. The molecule has 5 rings (SSSR count). The van der Waals surface area contributed by atoms with Crippen molar-refractivity contribution in [2.45, 2.75) is 43.8 Å². The first-order valence-corrected chi connectivity index (χ1v) is 9.82. The molecule has 0 spiro atoms. The molecule has 144 valence electrons. The van der Waals surface area contributed by atoms with E-state index in [1.54, 1.807) is 18.5 Å². The molecule has 0 saturated carbocycles. The molecule has 2 unspecified atom stereocenters. The predicted molar refractivity (Wildman–Crippen MR) is 108 cm³/mol. The second-order valence-electron chi connectivity index (χ2n) is 7.87. The van der Waals surface area contributed by atoms with E-state index in [1.165, 1.54) is 12.8 Å². The number of hydrogen-bond donors (Lipinski definition) is 3. The lowest BCUT2D eigenvalue weighted by molar-refractivity contribution is 0.353. The van der Waals surface area contributed by atoms with Crippen molar-refractivity contribution in [2.75, 3.05) is 11.9 Å². The number of benzene rings is 1. The Bertz CT molecular complexity index is 944. The topological polar surface area (TPSA) is 90.0 Å². The molecule has 3 N–H and O–H groups in total. The van der Waals surface area contributed by atoms with Gasteiger partial charge in [-0.3, -0.25) is 5.10 Å². The first-order chi connectivity index (χ1) is 13.7. The van der Waals surface area contributed by atoms with Crippen molar-refractivity contribution < 1.29 is 5.11 Å². The summed E-state index contributed by atoms with van der Waals surface area (Å²) in [4.78, 5) is 2.25. The van der Waals surface area contributed by atoms with Crippen molar-refractivity contribution in [3.05, 3.63) is 42.7 Å². The number of aromatic amines is 1. The summed E-state index contributed by atoms with van der Waals surface area (Å²) >= 11 is 0. The highest BCUT2D eigenvalue weighted by atomic mass is 16.3. The van der Waals surface area contributed by atoms with Crippen LogP contribution in [0.5, 0.6) is 5.75 Å². The third-order valence-electron chi connectivity index (χ3n) is 6.11. The molecule has 4 heterocycles. The molecule has 0 radical (unpaired) electrons. The number of aromatic hydroxyl groups is 1. The highest BCUT2D eigenvalue weighted by Gasteiger charge is 2.35. The standard InChI is InChI=1S/C21H24N6O/c1-27(17-9-15-3-4-16(10-17)24-15)21-7-6-19(25-26-21)18-5-2-13(8-20(18)28)14-11-22-23-12-14/h2,5-8,11-12,15-17,24,28H,3-4,9-10H2,1H3,(H,22,23)/t15-,16?,17?/m1/s1. The molecule has 1 aromatic carbocycles. The lowest BCUT2D eigenvalue weighted by Crippen LogP contribution is -2.47. The number of piperidine rings is 1. The van der Waals surface area contributed by atoms with Gasteiger partial charge in [-0.15, -0.1) is 10.2 Å². The van der Waals surface area contributed by atoms with Crippen LogP contribution in [0, 0.1) is 0 Å². The van der Waals surface area contributed by atoms with Crippen LogP contribution in [-0.2, 0) is 0 Å². The number of hydrogen-bond acceptors (Lipinski definition) is 6. The number of rotatable bonds is 4. The van der Waals surface area contributed by atoms with Gasteiger partial charge in [0.2, 0.25) is 0 Å². The number of nitrogens with one attached hydrogen (secondary N) is 2. The van der Waals surface area contributed by atoms with Crippen molar-refractivity contribution in [1.29, 1.82) is 0 Å². The number of fused-ring (bicyclic) bond motifs is 2. The monoisotopic (exact) mass is 376 g/mol. The summed E-state index contributed by atoms with van der Waals surface area (Å²) in [6.45, 7) is 0. The van der Waals surface area contributed by atoms with Crippen LogP contribution in [0.4, 0.5) is 5.82 Å². The molecule has 2 aliphatic heterocycles. The fourth-order valence-electron chi connectivity index (χ4n) is 4.52. The minimum atomic E-state index is 0.184. The molecule has 2 fully saturated rings. The molecule has 2 saturated heterocycles. The Balaban J connectivity index is 1.35. The molecule has 0 amide bonds. The highest BCUT2D eigenvalue weighted by molar-refractivity contribution is 5.73. The molecule has 3 atom stereocenters. The van der Waals surface area contributed by atoms with Gasteiger partial charge in [0, 0.05) is 42.5 Å². The summed E-state index contributed by atoms with van der Waals surface area (Å²) in [5.41, 5.74) is 3.17. The fraction of sp³-hybridized carbons (Fsp3) is 0.381. The maximum Gasteiger partial charge on any atom is 0.151 e. The zero-order valence-electron chi connectivity index (χ0n) is 15.8. The van der Waals surface area contributed by atoms with Gasteiger partial charge < -0.3 is 15.3 Å². The van der Waals surface area contributed by atoms with E-state index in [9.17, 15) is 5.11 Å². The van der Waals surface area contributed by atoms with E-state index >= 15 is 0 Å². The molecular weight excluding hydrogens is 352 g/mol. The normalized spacial score (nSPS) is 23.7. The maximum atomic E-state index is 10.5. The van der Waals surface area contributed by atoms with Crippen molar-refractivity contribution in [1.82, 2.24) is 25.7 Å². The van der Waals surface area contributed by atoms with E-state index in [4.69, 9.17) is 0 Å². The van der Waals surface area contributed by atoms with Crippen molar-refractivity contribution in [3.8, 4) is 28.1 Å². The van der Waals surface area contributed by atoms with E-state index in [0.717, 1.165) is 29.8 Å². The number of aromatic nitrogens is 4. The smallest absolute Gasteiger partial charge is 0.151 e. The lowest BCUT2D eigenvalue weighted by atomic mass is 9.98. The van der Waals surface area contributed by atoms with E-state index in [2.05, 4.69) is 37.7 Å². The maximum absolute atomic E-state index is 10.5. The molecule has 2 aliphatic rings. The zero-order chi connectivity index (χ0) is 19.1. The number of anilines is 1. The lowest BCUT2D eigenvalue weighted by Gasteiger charge is -2.36. The SMILES string of the molecule is CN(c1ccc(-c2ccc(-c3cn[nH]c3)cc2O)nn1)C1CC2CC[C@H](C1)N2. The van der Waals surface area contributed by atoms with Crippen LogP contribution in [-0.4, -0.2) is 50.7 Å². The van der Waals surface area contributed by atoms with Gasteiger partial charge in [0.15, 0.2) is 5.82 Å². The number of H-pyrrole nitrogens is 1. The van der Waals surface area contributed by atoms with Crippen molar-refractivity contribution in [3.63, 3.8) is 0 Å². The van der Waals surface area contributed by atoms with E-state index in [-0.39, 0.29) is 5.75 Å². The molecule has 7 heteroatoms. The van der Waals surface area contributed by atoms with Gasteiger partial charge in [-0.1, -0.05) is 6.07 Å². The largest absolute Gasteiger partial charge is 0.507 e. The van der Waals surface area contributed by atoms with Crippen LogP contribution in [0.2, 0.25) is 0 Å². The fourth-order valence-corrected chi connectivity index (χ4v) is 4.52. The summed E-state index contributed by atoms with van der Waals surface area (Å²) in [6, 6.07) is 11.3. The van der Waals surface area contributed by atoms with Crippen LogP contribution in [0.15, 0.2) is 42.7 Å². The van der Waals surface area contributed by atoms with Gasteiger partial charge in [-0.2, -0.15) is 5.10 Å². The minimum absolute atomic E-state index is 0.184. The molecule has 7 nitrogen and oxygen atoms in total. The average Bonchev–Trinajstić information content (AvgIpc) is 3.37. The van der Waals surface area contributed by atoms with Crippen molar-refractivity contribution >= 4 is 5.82 Å². The second-order valence-corrected chi connectivity index (χ2v) is 7.87. The molecule has 3 aromatic rings. The summed E-state index contributed by atoms with van der Waals surface area (Å²) in [5.74, 6) is 1.06. The van der Waals surface area contributed by atoms with Crippen LogP contribution < -0.4 is 10.2 Å². The number of nitrogens with zero attached hydrogens (tertiary/aromatic N) is 4. The number of phenols is 1. The van der Waals surface area contributed by atoms with Crippen LogP contribution >= 0.6 is 0 Å². The van der Waals surface area contributed by atoms with Gasteiger partial charge in [-0.25, -0.2) is 0 Å². The van der Waals surface area contributed by atoms with E-state index in [0.29, 0.717) is 29.4 Å². The second kappa shape index (κ2) is 6.91. The molecule has 28 heavy (non-hydrogen) atoms. The van der Waals surface area contributed by atoms with Crippen molar-refractivity contribution in [2.24, 2.45) is 0 Å². The Morgan fingerprint density at radius 2 is 1.86 bits per heavy atom. The number of phenolic OH excluding ortho intramolecular Hbond substituents is 1. The van der Waals surface area contributed by atoms with Crippen LogP contribution in [0.25, 0.3) is 22.4 Å². The highest BCUT2D eigenvalue weighted by Crippen LogP contribution is 2.33. The molecular formula is C21H24N6O. The Morgan fingerprint density at radius 1 is 1.04 bits per heavy atom.